The molecular formula is C23H34Cl2N2. The summed E-state index contributed by atoms with van der Waals surface area (Å²) in [5.74, 6) is 0.696. The minimum atomic E-state index is 0. The molecule has 0 saturated carbocycles. The van der Waals surface area contributed by atoms with Crippen LogP contribution in [0.3, 0.4) is 0 Å². The van der Waals surface area contributed by atoms with E-state index >= 15 is 0 Å². The van der Waals surface area contributed by atoms with Crippen molar-refractivity contribution in [3.8, 4) is 0 Å². The Morgan fingerprint density at radius 1 is 0.963 bits per heavy atom. The lowest BCUT2D eigenvalue weighted by molar-refractivity contribution is -0.706. The fourth-order valence-corrected chi connectivity index (χ4v) is 4.30. The third-order valence-electron chi connectivity index (χ3n) is 5.65. The maximum absolute atomic E-state index is 2.61. The molecule has 1 heterocycles. The molecule has 0 aromatic heterocycles. The second-order valence-corrected chi connectivity index (χ2v) is 7.68. The van der Waals surface area contributed by atoms with E-state index in [1.165, 1.54) is 49.9 Å². The Bertz CT molecular complexity index is 600. The summed E-state index contributed by atoms with van der Waals surface area (Å²) in [6.45, 7) is 4.89. The Kier molecular flexibility index (Phi) is 11.7. The molecule has 1 aliphatic heterocycles. The molecule has 3 atom stereocenters. The number of benzene rings is 2. The first-order valence-corrected chi connectivity index (χ1v) is 10.1. The molecule has 0 radical (unpaired) electrons. The van der Waals surface area contributed by atoms with Crippen LogP contribution in [0.1, 0.15) is 49.7 Å². The van der Waals surface area contributed by atoms with Gasteiger partial charge in [0, 0.05) is 25.2 Å². The summed E-state index contributed by atoms with van der Waals surface area (Å²) < 4.78 is 0. The van der Waals surface area contributed by atoms with Crippen LogP contribution in [0.4, 0.5) is 0 Å². The largest absolute Gasteiger partial charge is 1.00 e. The minimum absolute atomic E-state index is 0. The molecule has 1 fully saturated rings. The Hall–Kier alpha value is -1.06. The van der Waals surface area contributed by atoms with Gasteiger partial charge in [0.15, 0.2) is 0 Å². The summed E-state index contributed by atoms with van der Waals surface area (Å²) in [5, 5.41) is 5.15. The van der Waals surface area contributed by atoms with Gasteiger partial charge >= 0.3 is 0 Å². The molecule has 3 rings (SSSR count). The molecule has 0 amide bonds. The predicted octanol–water partition coefficient (Wildman–Crippen LogP) is -3.52. The van der Waals surface area contributed by atoms with Gasteiger partial charge in [-0.3, -0.25) is 0 Å². The number of nitrogens with two attached hydrogens (primary N) is 2. The van der Waals surface area contributed by atoms with Crippen molar-refractivity contribution in [3.05, 3.63) is 71.8 Å². The molecule has 0 spiro atoms. The van der Waals surface area contributed by atoms with Crippen LogP contribution >= 0.6 is 0 Å². The third kappa shape index (κ3) is 7.83. The molecule has 27 heavy (non-hydrogen) atoms. The van der Waals surface area contributed by atoms with E-state index in [1.807, 2.05) is 0 Å². The van der Waals surface area contributed by atoms with Crippen LogP contribution in [-0.2, 0) is 6.42 Å². The quantitative estimate of drug-likeness (QED) is 0.454. The highest BCUT2D eigenvalue weighted by atomic mass is 35.5. The number of hydrogen-bond acceptors (Lipinski definition) is 0. The maximum atomic E-state index is 2.61. The SMILES string of the molecule is CC(Cc1ccccc1)[NH2+]CCC(c1ccccc1)C1CCCC[NH2+]1.[Cl-].[Cl-]. The molecule has 2 nitrogen and oxygen atoms in total. The number of halogens is 2. The molecular weight excluding hydrogens is 375 g/mol. The van der Waals surface area contributed by atoms with Gasteiger partial charge in [0.25, 0.3) is 0 Å². The van der Waals surface area contributed by atoms with Crippen molar-refractivity contribution in [1.82, 2.24) is 0 Å². The number of rotatable bonds is 8. The number of hydrogen-bond donors (Lipinski definition) is 2. The van der Waals surface area contributed by atoms with Crippen molar-refractivity contribution < 1.29 is 35.4 Å². The van der Waals surface area contributed by atoms with Gasteiger partial charge in [0.1, 0.15) is 0 Å². The molecule has 2 aromatic carbocycles. The van der Waals surface area contributed by atoms with E-state index in [-0.39, 0.29) is 24.8 Å². The van der Waals surface area contributed by atoms with E-state index in [2.05, 4.69) is 78.2 Å². The second-order valence-electron chi connectivity index (χ2n) is 7.68. The zero-order valence-corrected chi connectivity index (χ0v) is 17.9. The van der Waals surface area contributed by atoms with Crippen LogP contribution < -0.4 is 35.4 Å². The molecule has 4 heteroatoms. The molecule has 150 valence electrons. The van der Waals surface area contributed by atoms with Gasteiger partial charge in [0.2, 0.25) is 0 Å². The van der Waals surface area contributed by atoms with E-state index in [9.17, 15) is 0 Å². The average molecular weight is 409 g/mol. The van der Waals surface area contributed by atoms with E-state index in [0.29, 0.717) is 12.0 Å². The van der Waals surface area contributed by atoms with Crippen LogP contribution in [0, 0.1) is 0 Å². The highest BCUT2D eigenvalue weighted by Gasteiger charge is 2.28. The maximum Gasteiger partial charge on any atom is 0.0930 e. The fourth-order valence-electron chi connectivity index (χ4n) is 4.30. The van der Waals surface area contributed by atoms with Crippen molar-refractivity contribution in [2.75, 3.05) is 13.1 Å². The summed E-state index contributed by atoms with van der Waals surface area (Å²) in [4.78, 5) is 0. The van der Waals surface area contributed by atoms with Gasteiger partial charge < -0.3 is 35.4 Å². The van der Waals surface area contributed by atoms with Crippen LogP contribution in [0.15, 0.2) is 60.7 Å². The number of piperidine rings is 1. The predicted molar refractivity (Wildman–Crippen MR) is 105 cm³/mol. The highest BCUT2D eigenvalue weighted by Crippen LogP contribution is 2.25. The lowest BCUT2D eigenvalue weighted by Gasteiger charge is -2.28. The molecule has 2 aromatic rings. The van der Waals surface area contributed by atoms with E-state index in [4.69, 9.17) is 0 Å². The first kappa shape index (κ1) is 24.0. The topological polar surface area (TPSA) is 33.2 Å². The zero-order chi connectivity index (χ0) is 17.3. The molecule has 0 aliphatic carbocycles. The average Bonchev–Trinajstić information content (AvgIpc) is 2.67. The van der Waals surface area contributed by atoms with Crippen molar-refractivity contribution >= 4 is 0 Å². The Labute approximate surface area is 177 Å². The van der Waals surface area contributed by atoms with Crippen LogP contribution in [0.5, 0.6) is 0 Å². The lowest BCUT2D eigenvalue weighted by atomic mass is 9.84. The fraction of sp³-hybridized carbons (Fsp3) is 0.478. The van der Waals surface area contributed by atoms with E-state index in [0.717, 1.165) is 12.5 Å². The van der Waals surface area contributed by atoms with Crippen LogP contribution in [-0.4, -0.2) is 25.2 Å². The summed E-state index contributed by atoms with van der Waals surface area (Å²) in [6, 6.07) is 23.5. The standard InChI is InChI=1S/C23H32N2.2ClH/c1-19(18-20-10-4-2-5-11-20)24-17-15-22(21-12-6-3-7-13-21)23-14-8-9-16-25-23;;/h2-7,10-13,19,22-25H,8-9,14-18H2,1H3;2*1H. The smallest absolute Gasteiger partial charge is 0.0930 e. The molecule has 1 saturated heterocycles. The van der Waals surface area contributed by atoms with Gasteiger partial charge in [-0.1, -0.05) is 60.7 Å². The van der Waals surface area contributed by atoms with E-state index < -0.39 is 0 Å². The summed E-state index contributed by atoms with van der Waals surface area (Å²) in [7, 11) is 0. The first-order chi connectivity index (χ1) is 12.3. The second kappa shape index (κ2) is 13.2. The molecule has 0 bridgehead atoms. The number of quaternary nitrogens is 2. The molecule has 4 N–H and O–H groups in total. The Morgan fingerprint density at radius 2 is 1.63 bits per heavy atom. The van der Waals surface area contributed by atoms with Crippen LogP contribution in [0.25, 0.3) is 0 Å². The minimum Gasteiger partial charge on any atom is -1.00 e. The molecule has 3 unspecified atom stereocenters. The van der Waals surface area contributed by atoms with Crippen molar-refractivity contribution in [3.63, 3.8) is 0 Å². The normalized spacial score (nSPS) is 18.6. The zero-order valence-electron chi connectivity index (χ0n) is 16.4. The summed E-state index contributed by atoms with van der Waals surface area (Å²) in [6.07, 6.45) is 6.60. The van der Waals surface area contributed by atoms with Gasteiger partial charge in [0.05, 0.1) is 25.2 Å². The molecule has 1 aliphatic rings. The third-order valence-corrected chi connectivity index (χ3v) is 5.65. The summed E-state index contributed by atoms with van der Waals surface area (Å²) in [5.41, 5.74) is 2.99. The van der Waals surface area contributed by atoms with Crippen molar-refractivity contribution in [2.24, 2.45) is 0 Å². The van der Waals surface area contributed by atoms with Crippen molar-refractivity contribution in [1.29, 1.82) is 0 Å². The monoisotopic (exact) mass is 408 g/mol. The Morgan fingerprint density at radius 3 is 2.26 bits per heavy atom. The van der Waals surface area contributed by atoms with Gasteiger partial charge in [-0.05, 0) is 30.9 Å². The van der Waals surface area contributed by atoms with Crippen LogP contribution in [0.2, 0.25) is 0 Å². The van der Waals surface area contributed by atoms with Gasteiger partial charge in [-0.2, -0.15) is 0 Å². The van der Waals surface area contributed by atoms with E-state index in [1.54, 1.807) is 0 Å². The van der Waals surface area contributed by atoms with Gasteiger partial charge in [-0.15, -0.1) is 0 Å². The summed E-state index contributed by atoms with van der Waals surface area (Å²) >= 11 is 0. The van der Waals surface area contributed by atoms with Gasteiger partial charge in [-0.25, -0.2) is 0 Å². The first-order valence-electron chi connectivity index (χ1n) is 10.1. The lowest BCUT2D eigenvalue weighted by Crippen LogP contribution is -3.00. The van der Waals surface area contributed by atoms with Crippen molar-refractivity contribution in [2.45, 2.75) is 57.0 Å². The Balaban J connectivity index is 0.00000182. The highest BCUT2D eigenvalue weighted by molar-refractivity contribution is 5.20.